The second-order valence-corrected chi connectivity index (χ2v) is 9.33. The lowest BCUT2D eigenvalue weighted by molar-refractivity contribution is 0.104. The number of anilines is 1. The Morgan fingerprint density at radius 1 is 1.04 bits per heavy atom. The highest BCUT2D eigenvalue weighted by molar-refractivity contribution is 8.03. The van der Waals surface area contributed by atoms with E-state index >= 15 is 0 Å². The molecule has 2 aromatic carbocycles. The molecule has 0 atom stereocenters. The van der Waals surface area contributed by atoms with Gasteiger partial charge in [0.05, 0.1) is 15.6 Å². The smallest absolute Gasteiger partial charge is 0.211 e. The number of Topliss-reactive ketones (excluding diaryl/α,β-unsaturated/α-hetero) is 1. The Labute approximate surface area is 162 Å². The summed E-state index contributed by atoms with van der Waals surface area (Å²) in [6, 6.07) is 12.6. The predicted molar refractivity (Wildman–Crippen MR) is 109 cm³/mol. The number of nitrogens with zero attached hydrogens (tertiary/aromatic N) is 1. The molecule has 2 aromatic rings. The van der Waals surface area contributed by atoms with Crippen molar-refractivity contribution in [2.45, 2.75) is 16.7 Å². The number of aryl methyl sites for hydroxylation is 1. The van der Waals surface area contributed by atoms with Crippen molar-refractivity contribution in [1.29, 1.82) is 0 Å². The third-order valence-corrected chi connectivity index (χ3v) is 7.56. The summed E-state index contributed by atoms with van der Waals surface area (Å²) in [5.74, 6) is -0.446. The Bertz CT molecular complexity index is 1160. The summed E-state index contributed by atoms with van der Waals surface area (Å²) in [7, 11) is -1.74. The van der Waals surface area contributed by atoms with Crippen molar-refractivity contribution in [2.75, 3.05) is 11.9 Å². The molecule has 2 aliphatic heterocycles. The fraction of sp³-hybridized carbons (Fsp3) is 0.0952. The minimum atomic E-state index is -3.73. The molecule has 0 bridgehead atoms. The van der Waals surface area contributed by atoms with Crippen molar-refractivity contribution in [3.8, 4) is 0 Å². The number of thioether (sulfide) groups is 1. The van der Waals surface area contributed by atoms with Crippen LogP contribution in [0.4, 0.5) is 5.69 Å². The van der Waals surface area contributed by atoms with Crippen LogP contribution in [0.3, 0.4) is 0 Å². The van der Waals surface area contributed by atoms with Gasteiger partial charge in [0.2, 0.25) is 15.6 Å². The molecule has 6 heteroatoms. The van der Waals surface area contributed by atoms with Crippen molar-refractivity contribution in [2.24, 2.45) is 0 Å². The Balaban J connectivity index is 1.59. The number of allylic oxidation sites excluding steroid dienone is 5. The van der Waals surface area contributed by atoms with E-state index in [1.807, 2.05) is 13.1 Å². The molecule has 0 saturated carbocycles. The maximum absolute atomic E-state index is 12.5. The number of carbonyl (C=O) groups is 1. The van der Waals surface area contributed by atoms with Gasteiger partial charge >= 0.3 is 0 Å². The van der Waals surface area contributed by atoms with Crippen LogP contribution in [0.15, 0.2) is 86.5 Å². The standard InChI is InChI=1S/C21H17NO3S2/c1-14-11-12-16-17(13-14)26-20(22(16)2)10-6-5-9-19-21(23)15-7-3-4-8-18(15)27(19,24)25/h3-13H,1-2H3/b6-5+,19-9+,20-10+. The number of hydrogen-bond donors (Lipinski definition) is 0. The molecule has 0 N–H and O–H groups in total. The number of sulfone groups is 1. The monoisotopic (exact) mass is 395 g/mol. The van der Waals surface area contributed by atoms with Crippen LogP contribution in [-0.4, -0.2) is 21.2 Å². The fourth-order valence-corrected chi connectivity index (χ4v) is 5.85. The van der Waals surface area contributed by atoms with Crippen LogP contribution >= 0.6 is 11.8 Å². The van der Waals surface area contributed by atoms with Gasteiger partial charge in [0.25, 0.3) is 0 Å². The minimum Gasteiger partial charge on any atom is -0.338 e. The van der Waals surface area contributed by atoms with Crippen LogP contribution in [-0.2, 0) is 9.84 Å². The maximum atomic E-state index is 12.5. The van der Waals surface area contributed by atoms with E-state index < -0.39 is 15.6 Å². The largest absolute Gasteiger partial charge is 0.338 e. The van der Waals surface area contributed by atoms with Gasteiger partial charge in [0, 0.05) is 17.5 Å². The van der Waals surface area contributed by atoms with Crippen LogP contribution in [0.2, 0.25) is 0 Å². The maximum Gasteiger partial charge on any atom is 0.211 e. The first-order chi connectivity index (χ1) is 12.9. The Hall–Kier alpha value is -2.57. The third kappa shape index (κ3) is 2.95. The van der Waals surface area contributed by atoms with Gasteiger partial charge in [0.1, 0.15) is 4.91 Å². The quantitative estimate of drug-likeness (QED) is 0.702. The first-order valence-corrected chi connectivity index (χ1v) is 10.7. The summed E-state index contributed by atoms with van der Waals surface area (Å²) >= 11 is 1.66. The van der Waals surface area contributed by atoms with Crippen molar-refractivity contribution in [3.63, 3.8) is 0 Å². The average Bonchev–Trinajstić information content (AvgIpc) is 3.05. The molecule has 136 valence electrons. The molecule has 2 aliphatic rings. The van der Waals surface area contributed by atoms with Crippen LogP contribution in [0.25, 0.3) is 0 Å². The van der Waals surface area contributed by atoms with E-state index in [9.17, 15) is 13.2 Å². The summed E-state index contributed by atoms with van der Waals surface area (Å²) in [6.07, 6.45) is 6.66. The molecule has 27 heavy (non-hydrogen) atoms. The summed E-state index contributed by atoms with van der Waals surface area (Å²) in [5.41, 5.74) is 2.60. The molecule has 0 amide bonds. The second-order valence-electron chi connectivity index (χ2n) is 6.38. The SMILES string of the molecule is Cc1ccc2c(c1)S/C(=C/C=C/C=C1\C(=O)c3ccccc3S1(=O)=O)N2C. The van der Waals surface area contributed by atoms with Gasteiger partial charge in [-0.2, -0.15) is 0 Å². The molecule has 0 saturated heterocycles. The van der Waals surface area contributed by atoms with Crippen LogP contribution in [0, 0.1) is 6.92 Å². The number of hydrogen-bond acceptors (Lipinski definition) is 5. The summed E-state index contributed by atoms with van der Waals surface area (Å²) in [6.45, 7) is 2.06. The zero-order valence-corrected chi connectivity index (χ0v) is 16.5. The van der Waals surface area contributed by atoms with Crippen molar-refractivity contribution >= 4 is 33.1 Å². The zero-order chi connectivity index (χ0) is 19.2. The number of carbonyl (C=O) groups excluding carboxylic acids is 1. The van der Waals surface area contributed by atoms with E-state index in [-0.39, 0.29) is 15.4 Å². The van der Waals surface area contributed by atoms with Crippen molar-refractivity contribution in [1.82, 2.24) is 0 Å². The summed E-state index contributed by atoms with van der Waals surface area (Å²) in [4.78, 5) is 15.6. The predicted octanol–water partition coefficient (Wildman–Crippen LogP) is 4.49. The van der Waals surface area contributed by atoms with Crippen molar-refractivity contribution in [3.05, 3.63) is 87.8 Å². The Morgan fingerprint density at radius 3 is 2.56 bits per heavy atom. The molecule has 4 nitrogen and oxygen atoms in total. The number of benzene rings is 2. The minimum absolute atomic E-state index is 0.0879. The first kappa shape index (κ1) is 17.8. The highest BCUT2D eigenvalue weighted by atomic mass is 32.2. The second kappa shape index (κ2) is 6.55. The average molecular weight is 396 g/mol. The van der Waals surface area contributed by atoms with Crippen LogP contribution < -0.4 is 4.90 Å². The van der Waals surface area contributed by atoms with E-state index in [0.717, 1.165) is 10.7 Å². The van der Waals surface area contributed by atoms with Crippen molar-refractivity contribution < 1.29 is 13.2 Å². The van der Waals surface area contributed by atoms with Gasteiger partial charge in [-0.1, -0.05) is 42.1 Å². The van der Waals surface area contributed by atoms with Crippen LogP contribution in [0.1, 0.15) is 15.9 Å². The number of rotatable bonds is 2. The highest BCUT2D eigenvalue weighted by Crippen LogP contribution is 2.45. The normalized spacial score (nSPS) is 20.7. The van der Waals surface area contributed by atoms with Gasteiger partial charge in [-0.3, -0.25) is 4.79 Å². The van der Waals surface area contributed by atoms with E-state index in [2.05, 4.69) is 30.0 Å². The fourth-order valence-electron chi connectivity index (χ4n) is 3.13. The van der Waals surface area contributed by atoms with E-state index in [1.54, 1.807) is 42.1 Å². The molecule has 0 radical (unpaired) electrons. The summed E-state index contributed by atoms with van der Waals surface area (Å²) in [5, 5.41) is 1.04. The van der Waals surface area contributed by atoms with Gasteiger partial charge in [-0.15, -0.1) is 0 Å². The lowest BCUT2D eigenvalue weighted by atomic mass is 10.1. The molecule has 4 rings (SSSR count). The molecule has 0 aromatic heterocycles. The van der Waals surface area contributed by atoms with E-state index in [1.165, 1.54) is 22.6 Å². The number of fused-ring (bicyclic) bond motifs is 2. The molecule has 2 heterocycles. The molecular formula is C21H17NO3S2. The van der Waals surface area contributed by atoms with Gasteiger partial charge < -0.3 is 4.90 Å². The Morgan fingerprint density at radius 2 is 1.78 bits per heavy atom. The lowest BCUT2D eigenvalue weighted by Crippen LogP contribution is -2.09. The third-order valence-electron chi connectivity index (χ3n) is 4.55. The molecule has 0 spiro atoms. The molecule has 0 aliphatic carbocycles. The highest BCUT2D eigenvalue weighted by Gasteiger charge is 2.38. The van der Waals surface area contributed by atoms with E-state index in [0.29, 0.717) is 0 Å². The van der Waals surface area contributed by atoms with Crippen LogP contribution in [0.5, 0.6) is 0 Å². The lowest BCUT2D eigenvalue weighted by Gasteiger charge is -2.12. The number of ketones is 1. The molecule has 0 fully saturated rings. The van der Waals surface area contributed by atoms with Gasteiger partial charge in [-0.05, 0) is 48.9 Å². The topological polar surface area (TPSA) is 54.5 Å². The first-order valence-electron chi connectivity index (χ1n) is 8.39. The molecular weight excluding hydrogens is 378 g/mol. The van der Waals surface area contributed by atoms with Gasteiger partial charge in [0.15, 0.2) is 0 Å². The van der Waals surface area contributed by atoms with E-state index in [4.69, 9.17) is 0 Å². The molecule has 0 unspecified atom stereocenters. The van der Waals surface area contributed by atoms with Gasteiger partial charge in [-0.25, -0.2) is 8.42 Å². The zero-order valence-electron chi connectivity index (χ0n) is 14.8. The Kier molecular flexibility index (Phi) is 4.32. The summed E-state index contributed by atoms with van der Waals surface area (Å²) < 4.78 is 25.1.